The molecule has 1 heterocycles. The van der Waals surface area contributed by atoms with Crippen molar-refractivity contribution in [1.82, 2.24) is 0 Å². The monoisotopic (exact) mass is 849 g/mol. The molecule has 0 fully saturated rings. The molecule has 0 saturated heterocycles. The number of hydrogen-bond acceptors (Lipinski definition) is 1. The van der Waals surface area contributed by atoms with Crippen LogP contribution in [0.5, 0.6) is 0 Å². The zero-order valence-corrected chi connectivity index (χ0v) is 36.8. The van der Waals surface area contributed by atoms with Crippen LogP contribution in [0.2, 0.25) is 0 Å². The molecule has 0 aliphatic carbocycles. The zero-order chi connectivity index (χ0) is 44.3. The molecule has 12 aromatic rings. The SMILES string of the molecule is C1=Cc2cc(-c3c4ccccc4c(-c4ccc(-c5c6ccccc6c(-c6ccccc6)c6cc(-c7ccccc7)ccc56)cc4)c4ccccc34)ccc2N(c2ccccc2)c2ccccc21. The van der Waals surface area contributed by atoms with E-state index in [0.717, 1.165) is 11.4 Å². The minimum Gasteiger partial charge on any atom is -0.309 e. The minimum atomic E-state index is 1.14. The van der Waals surface area contributed by atoms with Crippen molar-refractivity contribution in [2.75, 3.05) is 4.90 Å². The lowest BCUT2D eigenvalue weighted by Crippen LogP contribution is -2.11. The Kier molecular flexibility index (Phi) is 9.25. The Labute approximate surface area is 390 Å². The molecule has 0 amide bonds. The molecular weight excluding hydrogens is 807 g/mol. The third-order valence-corrected chi connectivity index (χ3v) is 13.8. The average molecular weight is 850 g/mol. The van der Waals surface area contributed by atoms with E-state index in [4.69, 9.17) is 0 Å². The van der Waals surface area contributed by atoms with Crippen molar-refractivity contribution in [2.24, 2.45) is 0 Å². The normalized spacial score (nSPS) is 12.1. The molecule has 312 valence electrons. The highest BCUT2D eigenvalue weighted by Crippen LogP contribution is 2.49. The van der Waals surface area contributed by atoms with Gasteiger partial charge in [-0.3, -0.25) is 0 Å². The maximum atomic E-state index is 2.40. The highest BCUT2D eigenvalue weighted by molar-refractivity contribution is 6.23. The standard InChI is InChI=1S/C66H43N/c1-4-18-44(19-5-1)49-38-40-59-60(43-49)65(46-21-6-2-7-22-46)56-28-14-11-25-53(56)64(59)48-35-33-47(34-36-48)63-54-26-12-15-29-57(54)66(58-30-16-13-27-55(58)63)51-39-41-62-50(42-51)37-32-45-20-10-17-31-61(45)67(62)52-23-8-3-9-24-52/h1-43H. The fourth-order valence-electron chi connectivity index (χ4n) is 10.8. The van der Waals surface area contributed by atoms with E-state index in [2.05, 4.69) is 266 Å². The molecule has 67 heavy (non-hydrogen) atoms. The predicted molar refractivity (Wildman–Crippen MR) is 287 cm³/mol. The van der Waals surface area contributed by atoms with Gasteiger partial charge in [0.2, 0.25) is 0 Å². The molecule has 0 spiro atoms. The van der Waals surface area contributed by atoms with Gasteiger partial charge in [-0.1, -0.05) is 224 Å². The van der Waals surface area contributed by atoms with Gasteiger partial charge in [-0.25, -0.2) is 0 Å². The Morgan fingerprint density at radius 3 is 1.15 bits per heavy atom. The van der Waals surface area contributed by atoms with Crippen LogP contribution in [-0.2, 0) is 0 Å². The molecule has 0 aromatic heterocycles. The molecule has 12 aromatic carbocycles. The average Bonchev–Trinajstić information content (AvgIpc) is 3.57. The van der Waals surface area contributed by atoms with Gasteiger partial charge in [-0.15, -0.1) is 0 Å². The van der Waals surface area contributed by atoms with Gasteiger partial charge in [0, 0.05) is 5.69 Å². The summed E-state index contributed by atoms with van der Waals surface area (Å²) in [5.41, 5.74) is 18.1. The smallest absolute Gasteiger partial charge is 0.0534 e. The molecule has 1 heteroatoms. The van der Waals surface area contributed by atoms with E-state index < -0.39 is 0 Å². The molecular formula is C66H43N. The second kappa shape index (κ2) is 16.0. The summed E-state index contributed by atoms with van der Waals surface area (Å²) >= 11 is 0. The van der Waals surface area contributed by atoms with E-state index in [1.807, 2.05) is 0 Å². The molecule has 0 unspecified atom stereocenters. The number of rotatable bonds is 6. The first-order chi connectivity index (χ1) is 33.3. The van der Waals surface area contributed by atoms with E-state index in [-0.39, 0.29) is 0 Å². The van der Waals surface area contributed by atoms with E-state index in [1.54, 1.807) is 0 Å². The van der Waals surface area contributed by atoms with Gasteiger partial charge in [-0.05, 0) is 146 Å². The predicted octanol–water partition coefficient (Wildman–Crippen LogP) is 18.6. The van der Waals surface area contributed by atoms with Gasteiger partial charge < -0.3 is 4.90 Å². The lowest BCUT2D eigenvalue weighted by Gasteiger charge is -2.27. The Hall–Kier alpha value is -8.78. The van der Waals surface area contributed by atoms with Crippen molar-refractivity contribution >= 4 is 72.3 Å². The fourth-order valence-corrected chi connectivity index (χ4v) is 10.8. The van der Waals surface area contributed by atoms with Gasteiger partial charge in [0.25, 0.3) is 0 Å². The van der Waals surface area contributed by atoms with Crippen molar-refractivity contribution in [2.45, 2.75) is 0 Å². The maximum Gasteiger partial charge on any atom is 0.0534 e. The Morgan fingerprint density at radius 2 is 0.582 bits per heavy atom. The maximum absolute atomic E-state index is 2.40. The van der Waals surface area contributed by atoms with Crippen molar-refractivity contribution in [3.63, 3.8) is 0 Å². The van der Waals surface area contributed by atoms with Crippen LogP contribution in [0, 0.1) is 0 Å². The summed E-state index contributed by atoms with van der Waals surface area (Å²) in [6.07, 6.45) is 4.54. The van der Waals surface area contributed by atoms with Crippen LogP contribution in [-0.4, -0.2) is 0 Å². The number of nitrogens with zero attached hydrogens (tertiary/aromatic N) is 1. The van der Waals surface area contributed by atoms with Crippen molar-refractivity contribution in [1.29, 1.82) is 0 Å². The number of para-hydroxylation sites is 2. The molecule has 13 rings (SSSR count). The zero-order valence-electron chi connectivity index (χ0n) is 36.8. The topological polar surface area (TPSA) is 3.24 Å². The minimum absolute atomic E-state index is 1.14. The summed E-state index contributed by atoms with van der Waals surface area (Å²) in [4.78, 5) is 2.39. The highest BCUT2D eigenvalue weighted by atomic mass is 15.1. The van der Waals surface area contributed by atoms with Gasteiger partial charge in [0.1, 0.15) is 0 Å². The first kappa shape index (κ1) is 38.7. The first-order valence-corrected chi connectivity index (χ1v) is 23.2. The van der Waals surface area contributed by atoms with Crippen molar-refractivity contribution < 1.29 is 0 Å². The fraction of sp³-hybridized carbons (Fsp3) is 0. The van der Waals surface area contributed by atoms with E-state index in [0.29, 0.717) is 0 Å². The first-order valence-electron chi connectivity index (χ1n) is 23.2. The summed E-state index contributed by atoms with van der Waals surface area (Å²) in [6.45, 7) is 0. The third kappa shape index (κ3) is 6.47. The highest BCUT2D eigenvalue weighted by Gasteiger charge is 2.23. The lowest BCUT2D eigenvalue weighted by molar-refractivity contribution is 1.28. The number of anilines is 3. The molecule has 0 radical (unpaired) electrons. The summed E-state index contributed by atoms with van der Waals surface area (Å²) in [5.74, 6) is 0. The van der Waals surface area contributed by atoms with Crippen LogP contribution < -0.4 is 4.90 Å². The summed E-state index contributed by atoms with van der Waals surface area (Å²) in [7, 11) is 0. The second-order valence-electron chi connectivity index (χ2n) is 17.5. The van der Waals surface area contributed by atoms with Crippen LogP contribution in [0.25, 0.3) is 111 Å². The lowest BCUT2D eigenvalue weighted by atomic mass is 9.83. The van der Waals surface area contributed by atoms with Gasteiger partial charge in [-0.2, -0.15) is 0 Å². The van der Waals surface area contributed by atoms with Crippen LogP contribution in [0.4, 0.5) is 17.1 Å². The number of benzene rings is 12. The van der Waals surface area contributed by atoms with E-state index in [9.17, 15) is 0 Å². The van der Waals surface area contributed by atoms with Gasteiger partial charge in [0.05, 0.1) is 11.4 Å². The van der Waals surface area contributed by atoms with Crippen LogP contribution in [0.15, 0.2) is 249 Å². The Bertz CT molecular complexity index is 3830. The van der Waals surface area contributed by atoms with Crippen molar-refractivity contribution in [3.8, 4) is 55.6 Å². The van der Waals surface area contributed by atoms with Crippen LogP contribution in [0.1, 0.15) is 11.1 Å². The number of fused-ring (bicyclic) bond motifs is 6. The van der Waals surface area contributed by atoms with Gasteiger partial charge in [0.15, 0.2) is 0 Å². The summed E-state index contributed by atoms with van der Waals surface area (Å²) in [5, 5.41) is 9.96. The quantitative estimate of drug-likeness (QED) is 0.151. The summed E-state index contributed by atoms with van der Waals surface area (Å²) in [6, 6.07) is 91.3. The van der Waals surface area contributed by atoms with Crippen molar-refractivity contribution in [3.05, 3.63) is 260 Å². The third-order valence-electron chi connectivity index (χ3n) is 13.8. The summed E-state index contributed by atoms with van der Waals surface area (Å²) < 4.78 is 0. The largest absolute Gasteiger partial charge is 0.309 e. The van der Waals surface area contributed by atoms with E-state index >= 15 is 0 Å². The van der Waals surface area contributed by atoms with E-state index in [1.165, 1.54) is 116 Å². The van der Waals surface area contributed by atoms with Gasteiger partial charge >= 0.3 is 0 Å². The second-order valence-corrected chi connectivity index (χ2v) is 17.5. The van der Waals surface area contributed by atoms with Crippen LogP contribution >= 0.6 is 0 Å². The Balaban J connectivity index is 0.978. The molecule has 0 bridgehead atoms. The molecule has 1 nitrogen and oxygen atoms in total. The van der Waals surface area contributed by atoms with Crippen LogP contribution in [0.3, 0.4) is 0 Å². The molecule has 0 N–H and O–H groups in total. The Morgan fingerprint density at radius 1 is 0.209 bits per heavy atom. The molecule has 1 aliphatic rings. The molecule has 1 aliphatic heterocycles. The number of hydrogen-bond donors (Lipinski definition) is 0. The molecule has 0 atom stereocenters. The molecule has 0 saturated carbocycles.